The molecule has 0 bridgehead atoms. The Balaban J connectivity index is 1.37. The van der Waals surface area contributed by atoms with Crippen LogP contribution in [0.4, 0.5) is 0 Å². The summed E-state index contributed by atoms with van der Waals surface area (Å²) in [6.45, 7) is 1.43. The lowest BCUT2D eigenvalue weighted by Gasteiger charge is -2.28. The van der Waals surface area contributed by atoms with Gasteiger partial charge in [-0.05, 0) is 58.0 Å². The molecule has 0 radical (unpaired) electrons. The van der Waals surface area contributed by atoms with Crippen molar-refractivity contribution in [1.29, 1.82) is 0 Å². The number of amides is 1. The minimum Gasteiger partial charge on any atom is -0.355 e. The molecular weight excluding hydrogens is 438 g/mol. The molecule has 0 saturated heterocycles. The van der Waals surface area contributed by atoms with Gasteiger partial charge in [0.25, 0.3) is 0 Å². The molecule has 3 N–H and O–H groups in total. The minimum absolute atomic E-state index is 0.0503. The number of hydrogen-bond acceptors (Lipinski definition) is 5. The topological polar surface area (TPSA) is 107 Å². The van der Waals surface area contributed by atoms with Crippen LogP contribution in [0.2, 0.25) is 0 Å². The number of nitrogens with one attached hydrogen (secondary N) is 3. The van der Waals surface area contributed by atoms with E-state index in [1.807, 2.05) is 49.3 Å². The average molecular weight is 470 g/mol. The summed E-state index contributed by atoms with van der Waals surface area (Å²) >= 11 is 0. The van der Waals surface area contributed by atoms with Crippen molar-refractivity contribution in [3.8, 4) is 11.4 Å². The van der Waals surface area contributed by atoms with E-state index >= 15 is 0 Å². The van der Waals surface area contributed by atoms with E-state index in [2.05, 4.69) is 20.0 Å². The van der Waals surface area contributed by atoms with Crippen LogP contribution >= 0.6 is 0 Å². The molecule has 9 heteroatoms. The smallest absolute Gasteiger partial charge is 0.240 e. The highest BCUT2D eigenvalue weighted by Crippen LogP contribution is 2.27. The van der Waals surface area contributed by atoms with Crippen LogP contribution in [0.3, 0.4) is 0 Å². The maximum atomic E-state index is 13.0. The van der Waals surface area contributed by atoms with Gasteiger partial charge in [-0.1, -0.05) is 30.3 Å². The zero-order chi connectivity index (χ0) is 23.4. The number of likely N-dealkylation sites (N-methyl/N-ethyl adjacent to an activating group) is 1. The molecule has 33 heavy (non-hydrogen) atoms. The molecule has 0 atom stereocenters. The van der Waals surface area contributed by atoms with Gasteiger partial charge in [-0.15, -0.1) is 0 Å². The van der Waals surface area contributed by atoms with Gasteiger partial charge in [0.1, 0.15) is 5.82 Å². The first-order valence-corrected chi connectivity index (χ1v) is 12.8. The molecule has 1 fully saturated rings. The first-order chi connectivity index (χ1) is 15.8. The number of hydrogen-bond donors (Lipinski definition) is 3. The number of carbonyl (C=O) groups excluding carboxylic acids is 1. The number of fused-ring (bicyclic) bond motifs is 1. The minimum atomic E-state index is -3.67. The third-order valence-electron chi connectivity index (χ3n) is 6.09. The Labute approximate surface area is 194 Å². The van der Waals surface area contributed by atoms with Crippen LogP contribution in [0.5, 0.6) is 0 Å². The molecule has 0 unspecified atom stereocenters. The third kappa shape index (κ3) is 5.79. The van der Waals surface area contributed by atoms with Gasteiger partial charge in [-0.25, -0.2) is 18.1 Å². The van der Waals surface area contributed by atoms with Crippen molar-refractivity contribution in [3.05, 3.63) is 48.5 Å². The number of H-pyrrole nitrogens is 1. The quantitative estimate of drug-likeness (QED) is 0.470. The van der Waals surface area contributed by atoms with E-state index < -0.39 is 10.0 Å². The maximum absolute atomic E-state index is 13.0. The molecule has 4 rings (SSSR count). The Hall–Kier alpha value is -2.75. The Morgan fingerprint density at radius 1 is 1.09 bits per heavy atom. The summed E-state index contributed by atoms with van der Waals surface area (Å²) in [6, 6.07) is 14.5. The van der Waals surface area contributed by atoms with Crippen molar-refractivity contribution in [1.82, 2.24) is 24.9 Å². The highest BCUT2D eigenvalue weighted by molar-refractivity contribution is 7.89. The van der Waals surface area contributed by atoms with Gasteiger partial charge in [0.15, 0.2) is 0 Å². The van der Waals surface area contributed by atoms with Gasteiger partial charge in [0, 0.05) is 30.6 Å². The Morgan fingerprint density at radius 2 is 1.82 bits per heavy atom. The van der Waals surface area contributed by atoms with Crippen molar-refractivity contribution < 1.29 is 13.2 Å². The molecular formula is C24H31N5O3S. The predicted molar refractivity (Wildman–Crippen MR) is 129 cm³/mol. The van der Waals surface area contributed by atoms with Crippen LogP contribution < -0.4 is 10.0 Å². The van der Waals surface area contributed by atoms with E-state index in [0.29, 0.717) is 49.1 Å². The molecule has 2 aromatic carbocycles. The zero-order valence-electron chi connectivity index (χ0n) is 19.0. The van der Waals surface area contributed by atoms with Gasteiger partial charge in [0.2, 0.25) is 15.9 Å². The fourth-order valence-electron chi connectivity index (χ4n) is 4.20. The third-order valence-corrected chi connectivity index (χ3v) is 7.61. The van der Waals surface area contributed by atoms with E-state index in [4.69, 9.17) is 0 Å². The molecule has 8 nitrogen and oxygen atoms in total. The lowest BCUT2D eigenvalue weighted by Crippen LogP contribution is -2.41. The number of nitrogens with zero attached hydrogens (tertiary/aromatic N) is 2. The number of carbonyl (C=O) groups is 1. The standard InChI is InChI=1S/C24H31N5O3S/c1-29(2)15-14-25-24(30)18-8-10-19(11-9-18)28-33(31,32)20-12-13-21-22(16-20)27-23(26-21)17-6-4-3-5-7-17/h3-7,12-13,16,18-19,28H,8-11,14-15H2,1-2H3,(H,25,30)(H,26,27). The van der Waals surface area contributed by atoms with Crippen molar-refractivity contribution in [2.75, 3.05) is 27.2 Å². The monoisotopic (exact) mass is 469 g/mol. The lowest BCUT2D eigenvalue weighted by molar-refractivity contribution is -0.126. The highest BCUT2D eigenvalue weighted by Gasteiger charge is 2.29. The molecule has 176 valence electrons. The molecule has 1 saturated carbocycles. The maximum Gasteiger partial charge on any atom is 0.240 e. The molecule has 3 aromatic rings. The Kier molecular flexibility index (Phi) is 7.11. The van der Waals surface area contributed by atoms with Gasteiger partial charge in [0.05, 0.1) is 15.9 Å². The molecule has 1 heterocycles. The van der Waals surface area contributed by atoms with E-state index in [9.17, 15) is 13.2 Å². The first-order valence-electron chi connectivity index (χ1n) is 11.3. The second kappa shape index (κ2) is 10.0. The van der Waals surface area contributed by atoms with Gasteiger partial charge >= 0.3 is 0 Å². The summed E-state index contributed by atoms with van der Waals surface area (Å²) in [7, 11) is 0.264. The van der Waals surface area contributed by atoms with E-state index in [1.54, 1.807) is 18.2 Å². The normalized spacial score (nSPS) is 19.1. The second-order valence-corrected chi connectivity index (χ2v) is 10.6. The van der Waals surface area contributed by atoms with Crippen molar-refractivity contribution in [2.45, 2.75) is 36.6 Å². The summed E-state index contributed by atoms with van der Waals surface area (Å²) in [5.74, 6) is 0.720. The fourth-order valence-corrected chi connectivity index (χ4v) is 5.53. The molecule has 1 aromatic heterocycles. The highest BCUT2D eigenvalue weighted by atomic mass is 32.2. The zero-order valence-corrected chi connectivity index (χ0v) is 19.9. The largest absolute Gasteiger partial charge is 0.355 e. The first kappa shape index (κ1) is 23.4. The predicted octanol–water partition coefficient (Wildman–Crippen LogP) is 2.74. The van der Waals surface area contributed by atoms with Crippen molar-refractivity contribution in [2.24, 2.45) is 5.92 Å². The number of sulfonamides is 1. The van der Waals surface area contributed by atoms with E-state index in [1.165, 1.54) is 0 Å². The van der Waals surface area contributed by atoms with Crippen LogP contribution in [0.25, 0.3) is 22.4 Å². The van der Waals surface area contributed by atoms with Gasteiger partial charge in [-0.2, -0.15) is 0 Å². The van der Waals surface area contributed by atoms with Gasteiger partial charge in [-0.3, -0.25) is 4.79 Å². The van der Waals surface area contributed by atoms with Crippen LogP contribution in [0, 0.1) is 5.92 Å². The summed E-state index contributed by atoms with van der Waals surface area (Å²) < 4.78 is 28.9. The average Bonchev–Trinajstić information content (AvgIpc) is 3.23. The Morgan fingerprint density at radius 3 is 2.52 bits per heavy atom. The molecule has 1 aliphatic rings. The molecule has 1 aliphatic carbocycles. The van der Waals surface area contributed by atoms with E-state index in [-0.39, 0.29) is 22.8 Å². The summed E-state index contributed by atoms with van der Waals surface area (Å²) in [6.07, 6.45) is 2.66. The molecule has 0 aliphatic heterocycles. The number of imidazole rings is 1. The number of aromatic nitrogens is 2. The Bertz CT molecular complexity index is 1200. The summed E-state index contributed by atoms with van der Waals surface area (Å²) in [5.41, 5.74) is 2.34. The fraction of sp³-hybridized carbons (Fsp3) is 0.417. The number of rotatable bonds is 8. The van der Waals surface area contributed by atoms with Crippen LogP contribution in [0.15, 0.2) is 53.4 Å². The lowest BCUT2D eigenvalue weighted by atomic mass is 9.86. The molecule has 1 amide bonds. The van der Waals surface area contributed by atoms with Crippen molar-refractivity contribution >= 4 is 27.0 Å². The summed E-state index contributed by atoms with van der Waals surface area (Å²) in [4.78, 5) is 22.4. The second-order valence-electron chi connectivity index (χ2n) is 8.89. The van der Waals surface area contributed by atoms with Gasteiger partial charge < -0.3 is 15.2 Å². The van der Waals surface area contributed by atoms with Crippen LogP contribution in [0.1, 0.15) is 25.7 Å². The summed E-state index contributed by atoms with van der Waals surface area (Å²) in [5, 5.41) is 2.97. The van der Waals surface area contributed by atoms with Crippen LogP contribution in [-0.4, -0.2) is 62.4 Å². The number of aromatic amines is 1. The number of benzene rings is 2. The van der Waals surface area contributed by atoms with E-state index in [0.717, 1.165) is 12.1 Å². The van der Waals surface area contributed by atoms with Crippen molar-refractivity contribution in [3.63, 3.8) is 0 Å². The SMILES string of the molecule is CN(C)CCNC(=O)C1CCC(NS(=O)(=O)c2ccc3nc(-c4ccccc4)[nH]c3c2)CC1. The van der Waals surface area contributed by atoms with Crippen LogP contribution in [-0.2, 0) is 14.8 Å². The molecule has 0 spiro atoms.